The van der Waals surface area contributed by atoms with Crippen LogP contribution in [0.4, 0.5) is 0 Å². The summed E-state index contributed by atoms with van der Waals surface area (Å²) in [6.07, 6.45) is 6.40. The number of nitrogens with zero attached hydrogens (tertiary/aromatic N) is 5. The predicted octanol–water partition coefficient (Wildman–Crippen LogP) is 0.450. The molecule has 0 spiro atoms. The van der Waals surface area contributed by atoms with Crippen molar-refractivity contribution >= 4 is 0 Å². The minimum Gasteiger partial charge on any atom is -0.295 e. The van der Waals surface area contributed by atoms with Crippen LogP contribution in [0.15, 0.2) is 41.7 Å². The number of hydrogen-bond donors (Lipinski definition) is 1. The third-order valence-corrected chi connectivity index (χ3v) is 2.55. The zero-order valence-corrected chi connectivity index (χ0v) is 9.61. The van der Waals surface area contributed by atoms with Crippen LogP contribution in [-0.2, 0) is 0 Å². The van der Waals surface area contributed by atoms with Crippen LogP contribution in [0.2, 0.25) is 0 Å². The van der Waals surface area contributed by atoms with Crippen molar-refractivity contribution in [3.8, 4) is 11.5 Å². The molecule has 0 aliphatic heterocycles. The molecule has 0 aromatic carbocycles. The quantitative estimate of drug-likeness (QED) is 0.707. The summed E-state index contributed by atoms with van der Waals surface area (Å²) in [6, 6.07) is 3.67. The van der Waals surface area contributed by atoms with Gasteiger partial charge in [-0.05, 0) is 18.6 Å². The summed E-state index contributed by atoms with van der Waals surface area (Å²) in [5.41, 5.74) is 1.21. The molecule has 0 radical (unpaired) electrons. The van der Waals surface area contributed by atoms with E-state index in [0.29, 0.717) is 11.5 Å². The monoisotopic (exact) mass is 242 g/mol. The molecule has 0 fully saturated rings. The molecule has 7 nitrogen and oxygen atoms in total. The number of nitrogens with one attached hydrogen (secondary N) is 1. The van der Waals surface area contributed by atoms with E-state index in [1.807, 2.05) is 13.0 Å². The molecule has 0 aliphatic carbocycles. The largest absolute Gasteiger partial charge is 0.298 e. The van der Waals surface area contributed by atoms with E-state index < -0.39 is 0 Å². The average Bonchev–Trinajstić information content (AvgIpc) is 2.99. The summed E-state index contributed by atoms with van der Waals surface area (Å²) in [4.78, 5) is 16.3. The van der Waals surface area contributed by atoms with E-state index in [9.17, 15) is 4.79 Å². The van der Waals surface area contributed by atoms with Crippen LogP contribution in [0.5, 0.6) is 0 Å². The minimum atomic E-state index is -0.225. The number of hydrogen-bond acceptors (Lipinski definition) is 4. The zero-order chi connectivity index (χ0) is 12.5. The number of aromatic amines is 1. The standard InChI is InChI=1S/C11H10N6O/c1-8-2-3-10(12-6-8)17-11(18)9(7-14-17)16-5-4-13-15-16/h2-7,14H,1H3. The van der Waals surface area contributed by atoms with Gasteiger partial charge in [0.15, 0.2) is 11.5 Å². The van der Waals surface area contributed by atoms with Crippen molar-refractivity contribution in [1.29, 1.82) is 0 Å². The summed E-state index contributed by atoms with van der Waals surface area (Å²) in [7, 11) is 0. The van der Waals surface area contributed by atoms with Crippen LogP contribution in [-0.4, -0.2) is 29.8 Å². The van der Waals surface area contributed by atoms with E-state index in [2.05, 4.69) is 20.4 Å². The highest BCUT2D eigenvalue weighted by atomic mass is 16.1. The Hall–Kier alpha value is -2.70. The highest BCUT2D eigenvalue weighted by molar-refractivity contribution is 5.30. The van der Waals surface area contributed by atoms with Crippen molar-refractivity contribution in [2.75, 3.05) is 0 Å². The molecule has 0 aliphatic rings. The Balaban J connectivity index is 2.10. The maximum absolute atomic E-state index is 12.2. The third-order valence-electron chi connectivity index (χ3n) is 2.55. The maximum atomic E-state index is 12.2. The molecule has 0 amide bonds. The van der Waals surface area contributed by atoms with Crippen molar-refractivity contribution < 1.29 is 0 Å². The first-order valence-corrected chi connectivity index (χ1v) is 5.36. The number of H-pyrrole nitrogens is 1. The second-order valence-electron chi connectivity index (χ2n) is 3.84. The fraction of sp³-hybridized carbons (Fsp3) is 0.0909. The molecular weight excluding hydrogens is 232 g/mol. The van der Waals surface area contributed by atoms with Gasteiger partial charge in [0, 0.05) is 6.20 Å². The number of pyridine rings is 1. The number of aromatic nitrogens is 6. The Morgan fingerprint density at radius 3 is 2.89 bits per heavy atom. The minimum absolute atomic E-state index is 0.225. The zero-order valence-electron chi connectivity index (χ0n) is 9.61. The van der Waals surface area contributed by atoms with Gasteiger partial charge >= 0.3 is 0 Å². The van der Waals surface area contributed by atoms with Crippen molar-refractivity contribution in [3.63, 3.8) is 0 Å². The molecule has 3 aromatic heterocycles. The van der Waals surface area contributed by atoms with Gasteiger partial charge in [-0.15, -0.1) is 5.10 Å². The normalized spacial score (nSPS) is 10.7. The molecule has 90 valence electrons. The Morgan fingerprint density at radius 2 is 2.22 bits per heavy atom. The molecule has 1 N–H and O–H groups in total. The molecular formula is C11H10N6O. The van der Waals surface area contributed by atoms with Gasteiger partial charge < -0.3 is 0 Å². The first kappa shape index (κ1) is 10.5. The summed E-state index contributed by atoms with van der Waals surface area (Å²) in [6.45, 7) is 1.94. The first-order chi connectivity index (χ1) is 8.75. The maximum Gasteiger partial charge on any atom is 0.298 e. The van der Waals surface area contributed by atoms with E-state index >= 15 is 0 Å². The van der Waals surface area contributed by atoms with Crippen molar-refractivity contribution in [2.45, 2.75) is 6.92 Å². The van der Waals surface area contributed by atoms with E-state index in [1.165, 1.54) is 15.6 Å². The summed E-state index contributed by atoms with van der Waals surface area (Å²) in [5, 5.41) is 10.3. The smallest absolute Gasteiger partial charge is 0.295 e. The SMILES string of the molecule is Cc1ccc(-n2[nH]cc(-n3ccnn3)c2=O)nc1. The molecule has 0 bridgehead atoms. The lowest BCUT2D eigenvalue weighted by atomic mass is 10.3. The molecule has 0 atom stereocenters. The molecule has 0 unspecified atom stereocenters. The van der Waals surface area contributed by atoms with Gasteiger partial charge in [0.05, 0.1) is 18.6 Å². The number of rotatable bonds is 2. The van der Waals surface area contributed by atoms with Crippen LogP contribution < -0.4 is 5.56 Å². The van der Waals surface area contributed by atoms with Gasteiger partial charge in [-0.2, -0.15) is 4.68 Å². The molecule has 0 saturated heterocycles. The second kappa shape index (κ2) is 3.95. The lowest BCUT2D eigenvalue weighted by Gasteiger charge is -1.99. The van der Waals surface area contributed by atoms with Crippen molar-refractivity contribution in [1.82, 2.24) is 29.8 Å². The molecule has 3 rings (SSSR count). The highest BCUT2D eigenvalue weighted by Crippen LogP contribution is 2.04. The van der Waals surface area contributed by atoms with E-state index in [0.717, 1.165) is 5.56 Å². The second-order valence-corrected chi connectivity index (χ2v) is 3.84. The van der Waals surface area contributed by atoms with E-state index in [-0.39, 0.29) is 5.56 Å². The first-order valence-electron chi connectivity index (χ1n) is 5.36. The summed E-state index contributed by atoms with van der Waals surface area (Å²) < 4.78 is 2.76. The van der Waals surface area contributed by atoms with Crippen LogP contribution in [0.1, 0.15) is 5.56 Å². The number of aryl methyl sites for hydroxylation is 1. The molecule has 0 saturated carbocycles. The summed E-state index contributed by atoms with van der Waals surface area (Å²) >= 11 is 0. The Labute approximate surface area is 102 Å². The van der Waals surface area contributed by atoms with Gasteiger partial charge in [-0.1, -0.05) is 11.3 Å². The summed E-state index contributed by atoms with van der Waals surface area (Å²) in [5.74, 6) is 0.539. The van der Waals surface area contributed by atoms with Gasteiger partial charge in [0.2, 0.25) is 0 Å². The van der Waals surface area contributed by atoms with Gasteiger partial charge in [-0.25, -0.2) is 9.67 Å². The van der Waals surface area contributed by atoms with Crippen LogP contribution >= 0.6 is 0 Å². The lowest BCUT2D eigenvalue weighted by molar-refractivity contribution is 0.786. The Bertz CT molecular complexity index is 707. The van der Waals surface area contributed by atoms with Crippen LogP contribution in [0.25, 0.3) is 11.5 Å². The van der Waals surface area contributed by atoms with Crippen LogP contribution in [0, 0.1) is 6.92 Å². The van der Waals surface area contributed by atoms with Gasteiger partial charge in [0.25, 0.3) is 5.56 Å². The predicted molar refractivity (Wildman–Crippen MR) is 63.8 cm³/mol. The molecule has 18 heavy (non-hydrogen) atoms. The van der Waals surface area contributed by atoms with E-state index in [4.69, 9.17) is 0 Å². The molecule has 3 heterocycles. The molecule has 3 aromatic rings. The highest BCUT2D eigenvalue weighted by Gasteiger charge is 2.10. The van der Waals surface area contributed by atoms with Crippen molar-refractivity contribution in [2.24, 2.45) is 0 Å². The third kappa shape index (κ3) is 1.61. The van der Waals surface area contributed by atoms with Gasteiger partial charge in [0.1, 0.15) is 0 Å². The fourth-order valence-electron chi connectivity index (χ4n) is 1.62. The average molecular weight is 242 g/mol. The fourth-order valence-corrected chi connectivity index (χ4v) is 1.62. The Morgan fingerprint density at radius 1 is 1.33 bits per heavy atom. The van der Waals surface area contributed by atoms with Crippen molar-refractivity contribution in [3.05, 3.63) is 52.8 Å². The Kier molecular flexibility index (Phi) is 2.30. The lowest BCUT2D eigenvalue weighted by Crippen LogP contribution is -2.19. The van der Waals surface area contributed by atoms with Gasteiger partial charge in [-0.3, -0.25) is 9.89 Å². The topological polar surface area (TPSA) is 81.4 Å². The molecule has 7 heteroatoms. The van der Waals surface area contributed by atoms with E-state index in [1.54, 1.807) is 24.7 Å². The van der Waals surface area contributed by atoms with Crippen LogP contribution in [0.3, 0.4) is 0 Å².